The summed E-state index contributed by atoms with van der Waals surface area (Å²) in [5, 5.41) is 22.3. The summed E-state index contributed by atoms with van der Waals surface area (Å²) < 4.78 is 10.7. The van der Waals surface area contributed by atoms with Gasteiger partial charge in [-0.2, -0.15) is 0 Å². The number of hydrogen-bond acceptors (Lipinski definition) is 6. The quantitative estimate of drug-likeness (QED) is 0.365. The van der Waals surface area contributed by atoms with Crippen LogP contribution < -0.4 is 0 Å². The molecule has 0 saturated heterocycles. The summed E-state index contributed by atoms with van der Waals surface area (Å²) in [6.07, 6.45) is 8.14. The summed E-state index contributed by atoms with van der Waals surface area (Å²) in [5.74, 6) is -0.117. The van der Waals surface area contributed by atoms with Gasteiger partial charge in [0, 0.05) is 0 Å². The maximum absolute atomic E-state index is 13.4. The maximum Gasteiger partial charge on any atom is 0.314 e. The lowest BCUT2D eigenvalue weighted by atomic mass is 9.33. The number of aliphatic hydroxyl groups is 2. The molecule has 5 aliphatic rings. The second kappa shape index (κ2) is 8.55. The van der Waals surface area contributed by atoms with Crippen LogP contribution >= 0.6 is 0 Å². The second-order valence-electron chi connectivity index (χ2n) is 15.4. The van der Waals surface area contributed by atoms with E-state index >= 15 is 0 Å². The molecular formula is C32H50O6. The van der Waals surface area contributed by atoms with Crippen LogP contribution in [0.4, 0.5) is 0 Å². The highest BCUT2D eigenvalue weighted by atomic mass is 16.5. The first-order valence-corrected chi connectivity index (χ1v) is 14.8. The normalized spacial score (nSPS) is 51.3. The van der Waals surface area contributed by atoms with E-state index in [0.29, 0.717) is 6.42 Å². The van der Waals surface area contributed by atoms with Gasteiger partial charge in [-0.05, 0) is 104 Å². The molecule has 0 amide bonds. The Labute approximate surface area is 228 Å². The Morgan fingerprint density at radius 3 is 2.11 bits per heavy atom. The standard InChI is InChI=1S/C32H50O6/c1-27(2)13-15-32(26(36)38-8)16-14-29(4)19(20(32)17-27)9-10-22-28(3)18-21(33)24(34)31(6,25(35)37-7)23(28)11-12-30(22,29)5/h9,20-24,33-34H,10-18H2,1-8H3/t20-,21+,22+,23+,24-,28+,29+,30+,31-,32-/m0/s1. The van der Waals surface area contributed by atoms with Crippen molar-refractivity contribution in [3.63, 3.8) is 0 Å². The topological polar surface area (TPSA) is 93.1 Å². The fourth-order valence-electron chi connectivity index (χ4n) is 11.1. The van der Waals surface area contributed by atoms with Crippen LogP contribution in [-0.4, -0.2) is 48.6 Å². The third kappa shape index (κ3) is 3.31. The molecule has 2 N–H and O–H groups in total. The van der Waals surface area contributed by atoms with E-state index in [0.717, 1.165) is 51.4 Å². The number of carbonyl (C=O) groups excluding carboxylic acids is 2. The number of aliphatic hydroxyl groups excluding tert-OH is 2. The number of rotatable bonds is 2. The predicted octanol–water partition coefficient (Wildman–Crippen LogP) is 5.45. The van der Waals surface area contributed by atoms with Gasteiger partial charge in [0.25, 0.3) is 0 Å². The van der Waals surface area contributed by atoms with Crippen LogP contribution in [-0.2, 0) is 19.1 Å². The minimum atomic E-state index is -1.15. The van der Waals surface area contributed by atoms with E-state index in [2.05, 4.69) is 40.7 Å². The SMILES string of the molecule is COC(=O)[C@]12CCC(C)(C)C[C@H]1C1=CC[C@@H]3[C@@]4(C)C[C@@H](O)[C@H](O)[C@@](C)(C(=O)OC)[C@@H]4CC[C@@]3(C)[C@]1(C)CC2. The molecule has 0 aliphatic heterocycles. The van der Waals surface area contributed by atoms with Gasteiger partial charge in [-0.1, -0.05) is 46.3 Å². The van der Waals surface area contributed by atoms with Gasteiger partial charge < -0.3 is 19.7 Å². The molecule has 0 unspecified atom stereocenters. The molecular weight excluding hydrogens is 480 g/mol. The zero-order valence-corrected chi connectivity index (χ0v) is 24.9. The zero-order valence-electron chi connectivity index (χ0n) is 24.9. The minimum absolute atomic E-state index is 0.0397. The van der Waals surface area contributed by atoms with Gasteiger partial charge >= 0.3 is 11.9 Å². The first kappa shape index (κ1) is 28.1. The minimum Gasteiger partial charge on any atom is -0.469 e. The first-order chi connectivity index (χ1) is 17.6. The van der Waals surface area contributed by atoms with Gasteiger partial charge in [0.15, 0.2) is 0 Å². The lowest BCUT2D eigenvalue weighted by Crippen LogP contribution is -2.69. The largest absolute Gasteiger partial charge is 0.469 e. The van der Waals surface area contributed by atoms with Crippen LogP contribution in [0.3, 0.4) is 0 Å². The van der Waals surface area contributed by atoms with Gasteiger partial charge in [-0.3, -0.25) is 9.59 Å². The Hall–Kier alpha value is -1.40. The molecule has 214 valence electrons. The third-order valence-corrected chi connectivity index (χ3v) is 13.5. The number of methoxy groups -OCH3 is 2. The molecule has 10 atom stereocenters. The number of esters is 2. The molecule has 0 aromatic heterocycles. The van der Waals surface area contributed by atoms with Crippen molar-refractivity contribution in [2.45, 2.75) is 112 Å². The van der Waals surface area contributed by atoms with Gasteiger partial charge in [0.1, 0.15) is 0 Å². The molecule has 6 nitrogen and oxygen atoms in total. The number of hydrogen-bond donors (Lipinski definition) is 2. The average molecular weight is 531 g/mol. The molecule has 5 aliphatic carbocycles. The molecule has 0 spiro atoms. The van der Waals surface area contributed by atoms with E-state index in [1.807, 2.05) is 0 Å². The van der Waals surface area contributed by atoms with Crippen LogP contribution in [0.2, 0.25) is 0 Å². The zero-order chi connectivity index (χ0) is 28.1. The van der Waals surface area contributed by atoms with E-state index in [4.69, 9.17) is 9.47 Å². The van der Waals surface area contributed by atoms with Gasteiger partial charge in [-0.25, -0.2) is 0 Å². The van der Waals surface area contributed by atoms with Crippen molar-refractivity contribution in [2.24, 2.45) is 50.2 Å². The number of fused-ring (bicyclic) bond motifs is 7. The summed E-state index contributed by atoms with van der Waals surface area (Å²) >= 11 is 0. The maximum atomic E-state index is 13.4. The van der Waals surface area contributed by atoms with Gasteiger partial charge in [-0.15, -0.1) is 0 Å². The van der Waals surface area contributed by atoms with Crippen LogP contribution in [0.15, 0.2) is 11.6 Å². The summed E-state index contributed by atoms with van der Waals surface area (Å²) in [6, 6.07) is 0. The third-order valence-electron chi connectivity index (χ3n) is 13.5. The summed E-state index contributed by atoms with van der Waals surface area (Å²) in [6.45, 7) is 13.6. The predicted molar refractivity (Wildman–Crippen MR) is 145 cm³/mol. The van der Waals surface area contributed by atoms with E-state index in [9.17, 15) is 19.8 Å². The fraction of sp³-hybridized carbons (Fsp3) is 0.875. The summed E-state index contributed by atoms with van der Waals surface area (Å²) in [5.41, 5.74) is -0.415. The van der Waals surface area contributed by atoms with Crippen molar-refractivity contribution in [3.05, 3.63) is 11.6 Å². The Morgan fingerprint density at radius 2 is 1.47 bits per heavy atom. The van der Waals surface area contributed by atoms with Crippen molar-refractivity contribution in [1.82, 2.24) is 0 Å². The van der Waals surface area contributed by atoms with E-state index in [1.54, 1.807) is 6.92 Å². The van der Waals surface area contributed by atoms with Crippen LogP contribution in [0.25, 0.3) is 0 Å². The molecule has 0 aromatic rings. The lowest BCUT2D eigenvalue weighted by Gasteiger charge is -2.71. The van der Waals surface area contributed by atoms with Crippen molar-refractivity contribution >= 4 is 11.9 Å². The second-order valence-corrected chi connectivity index (χ2v) is 15.4. The van der Waals surface area contributed by atoms with E-state index < -0.39 is 29.0 Å². The molecule has 4 saturated carbocycles. The average Bonchev–Trinajstić information content (AvgIpc) is 2.86. The molecule has 5 rings (SSSR count). The van der Waals surface area contributed by atoms with Crippen LogP contribution in [0, 0.1) is 50.2 Å². The van der Waals surface area contributed by atoms with Gasteiger partial charge in [0.2, 0.25) is 0 Å². The van der Waals surface area contributed by atoms with Crippen LogP contribution in [0.1, 0.15) is 99.3 Å². The molecule has 38 heavy (non-hydrogen) atoms. The Bertz CT molecular complexity index is 1050. The van der Waals surface area contributed by atoms with E-state index in [-0.39, 0.29) is 45.4 Å². The highest BCUT2D eigenvalue weighted by molar-refractivity contribution is 5.79. The highest BCUT2D eigenvalue weighted by Crippen LogP contribution is 2.75. The van der Waals surface area contributed by atoms with Gasteiger partial charge in [0.05, 0.1) is 37.3 Å². The number of ether oxygens (including phenoxy) is 2. The number of allylic oxidation sites excluding steroid dienone is 2. The molecule has 0 bridgehead atoms. The first-order valence-electron chi connectivity index (χ1n) is 14.8. The Kier molecular flexibility index (Phi) is 6.33. The molecule has 0 aromatic carbocycles. The summed E-state index contributed by atoms with van der Waals surface area (Å²) in [4.78, 5) is 26.6. The smallest absolute Gasteiger partial charge is 0.314 e. The van der Waals surface area contributed by atoms with Crippen molar-refractivity contribution < 1.29 is 29.3 Å². The molecule has 0 radical (unpaired) electrons. The summed E-state index contributed by atoms with van der Waals surface area (Å²) in [7, 11) is 2.92. The Balaban J connectivity index is 1.61. The van der Waals surface area contributed by atoms with Crippen molar-refractivity contribution in [3.8, 4) is 0 Å². The highest BCUT2D eigenvalue weighted by Gasteiger charge is 2.72. The molecule has 4 fully saturated rings. The fourth-order valence-corrected chi connectivity index (χ4v) is 11.1. The Morgan fingerprint density at radius 1 is 0.842 bits per heavy atom. The van der Waals surface area contributed by atoms with E-state index in [1.165, 1.54) is 19.8 Å². The number of carbonyl (C=O) groups is 2. The monoisotopic (exact) mass is 530 g/mol. The van der Waals surface area contributed by atoms with Crippen LogP contribution in [0.5, 0.6) is 0 Å². The lowest BCUT2D eigenvalue weighted by molar-refractivity contribution is -0.241. The molecule has 0 heterocycles. The van der Waals surface area contributed by atoms with Crippen molar-refractivity contribution in [2.75, 3.05) is 14.2 Å². The molecule has 6 heteroatoms. The van der Waals surface area contributed by atoms with Crippen molar-refractivity contribution in [1.29, 1.82) is 0 Å².